The van der Waals surface area contributed by atoms with Gasteiger partial charge in [0.2, 0.25) is 0 Å². The highest BCUT2D eigenvalue weighted by Gasteiger charge is 2.18. The lowest BCUT2D eigenvalue weighted by atomic mass is 9.94. The number of ketones is 1. The molecular formula is C14H18O2. The van der Waals surface area contributed by atoms with E-state index in [1.165, 1.54) is 0 Å². The van der Waals surface area contributed by atoms with Crippen LogP contribution in [0.1, 0.15) is 43.0 Å². The van der Waals surface area contributed by atoms with Crippen LogP contribution in [0.3, 0.4) is 0 Å². The van der Waals surface area contributed by atoms with Crippen LogP contribution in [0, 0.1) is 5.92 Å². The Bertz CT molecular complexity index is 330. The minimum atomic E-state index is -0.464. The largest absolute Gasteiger partial charge is 0.303 e. The number of unbranched alkanes of at least 4 members (excludes halogenated alkanes) is 2. The summed E-state index contributed by atoms with van der Waals surface area (Å²) in [6.07, 6.45) is 4.58. The van der Waals surface area contributed by atoms with Gasteiger partial charge in [-0.15, -0.1) is 0 Å². The van der Waals surface area contributed by atoms with E-state index in [9.17, 15) is 9.59 Å². The maximum atomic E-state index is 11.9. The van der Waals surface area contributed by atoms with Crippen molar-refractivity contribution in [3.63, 3.8) is 0 Å². The van der Waals surface area contributed by atoms with Crippen LogP contribution in [0.5, 0.6) is 0 Å². The van der Waals surface area contributed by atoms with Crippen molar-refractivity contribution in [3.05, 3.63) is 35.9 Å². The van der Waals surface area contributed by atoms with Crippen LogP contribution in [-0.4, -0.2) is 12.1 Å². The molecule has 1 rings (SSSR count). The second kappa shape index (κ2) is 6.94. The molecule has 0 aromatic heterocycles. The molecule has 0 N–H and O–H groups in total. The maximum absolute atomic E-state index is 11.9. The molecule has 1 aromatic carbocycles. The summed E-state index contributed by atoms with van der Waals surface area (Å²) < 4.78 is 0. The van der Waals surface area contributed by atoms with Gasteiger partial charge in [0.15, 0.2) is 5.78 Å². The van der Waals surface area contributed by atoms with Gasteiger partial charge >= 0.3 is 0 Å². The lowest BCUT2D eigenvalue weighted by Crippen LogP contribution is -2.16. The number of benzene rings is 1. The molecule has 0 spiro atoms. The molecule has 0 aliphatic carbocycles. The Labute approximate surface area is 96.7 Å². The van der Waals surface area contributed by atoms with E-state index in [0.717, 1.165) is 25.5 Å². The fourth-order valence-corrected chi connectivity index (χ4v) is 1.69. The smallest absolute Gasteiger partial charge is 0.173 e. The Kier molecular flexibility index (Phi) is 5.48. The summed E-state index contributed by atoms with van der Waals surface area (Å²) in [6, 6.07) is 9.03. The summed E-state index contributed by atoms with van der Waals surface area (Å²) in [5, 5.41) is 0. The van der Waals surface area contributed by atoms with E-state index < -0.39 is 5.92 Å². The summed E-state index contributed by atoms with van der Waals surface area (Å²) in [4.78, 5) is 22.8. The first-order valence-electron chi connectivity index (χ1n) is 5.84. The molecule has 0 bridgehead atoms. The third-order valence-electron chi connectivity index (χ3n) is 2.68. The standard InChI is InChI=1S/C14H18O2/c1-2-3-5-10-13(11-15)14(16)12-8-6-4-7-9-12/h4,6-9,11,13H,2-3,5,10H2,1H3. The summed E-state index contributed by atoms with van der Waals surface area (Å²) in [5.74, 6) is -0.513. The highest BCUT2D eigenvalue weighted by Crippen LogP contribution is 2.14. The number of hydrogen-bond acceptors (Lipinski definition) is 2. The summed E-state index contributed by atoms with van der Waals surface area (Å²) in [6.45, 7) is 2.11. The first-order chi connectivity index (χ1) is 7.79. The Hall–Kier alpha value is -1.44. The van der Waals surface area contributed by atoms with Crippen LogP contribution in [-0.2, 0) is 4.79 Å². The predicted molar refractivity (Wildman–Crippen MR) is 64.5 cm³/mol. The minimum absolute atomic E-state index is 0.0493. The summed E-state index contributed by atoms with van der Waals surface area (Å²) in [7, 11) is 0. The quantitative estimate of drug-likeness (QED) is 0.304. The number of carbonyl (C=O) groups is 2. The van der Waals surface area contributed by atoms with Gasteiger partial charge in [-0.1, -0.05) is 56.5 Å². The van der Waals surface area contributed by atoms with Crippen molar-refractivity contribution < 1.29 is 9.59 Å². The third kappa shape index (κ3) is 3.61. The number of aldehydes is 1. The van der Waals surface area contributed by atoms with E-state index in [-0.39, 0.29) is 5.78 Å². The SMILES string of the molecule is CCCCCC(C=O)C(=O)c1ccccc1. The molecule has 1 atom stereocenters. The van der Waals surface area contributed by atoms with Gasteiger partial charge in [-0.3, -0.25) is 4.79 Å². The van der Waals surface area contributed by atoms with E-state index in [0.29, 0.717) is 12.0 Å². The molecule has 86 valence electrons. The molecule has 0 fully saturated rings. The Morgan fingerprint density at radius 1 is 1.25 bits per heavy atom. The topological polar surface area (TPSA) is 34.1 Å². The van der Waals surface area contributed by atoms with E-state index >= 15 is 0 Å². The van der Waals surface area contributed by atoms with Crippen LogP contribution >= 0.6 is 0 Å². The first kappa shape index (κ1) is 12.6. The Morgan fingerprint density at radius 2 is 1.94 bits per heavy atom. The highest BCUT2D eigenvalue weighted by atomic mass is 16.1. The Morgan fingerprint density at radius 3 is 2.50 bits per heavy atom. The van der Waals surface area contributed by atoms with E-state index in [1.54, 1.807) is 12.1 Å². The van der Waals surface area contributed by atoms with Crippen molar-refractivity contribution in [2.45, 2.75) is 32.6 Å². The molecule has 0 amide bonds. The zero-order valence-corrected chi connectivity index (χ0v) is 9.69. The third-order valence-corrected chi connectivity index (χ3v) is 2.68. The molecule has 1 unspecified atom stereocenters. The van der Waals surface area contributed by atoms with Crippen molar-refractivity contribution in [2.24, 2.45) is 5.92 Å². The van der Waals surface area contributed by atoms with Crippen molar-refractivity contribution in [3.8, 4) is 0 Å². The minimum Gasteiger partial charge on any atom is -0.303 e. The van der Waals surface area contributed by atoms with Gasteiger partial charge in [0.05, 0.1) is 5.92 Å². The molecule has 16 heavy (non-hydrogen) atoms. The van der Waals surface area contributed by atoms with Gasteiger partial charge in [-0.05, 0) is 6.42 Å². The number of hydrogen-bond donors (Lipinski definition) is 0. The zero-order chi connectivity index (χ0) is 11.8. The second-order valence-corrected chi connectivity index (χ2v) is 3.97. The molecule has 1 aromatic rings. The number of carbonyl (C=O) groups excluding carboxylic acids is 2. The number of Topliss-reactive ketones (excluding diaryl/α,β-unsaturated/α-hetero) is 1. The fraction of sp³-hybridized carbons (Fsp3) is 0.429. The average molecular weight is 218 g/mol. The zero-order valence-electron chi connectivity index (χ0n) is 9.69. The molecule has 0 aliphatic rings. The highest BCUT2D eigenvalue weighted by molar-refractivity contribution is 6.05. The van der Waals surface area contributed by atoms with Gasteiger partial charge in [0, 0.05) is 5.56 Å². The normalized spacial score (nSPS) is 12.1. The fourth-order valence-electron chi connectivity index (χ4n) is 1.69. The van der Waals surface area contributed by atoms with Crippen LogP contribution in [0.15, 0.2) is 30.3 Å². The lowest BCUT2D eigenvalue weighted by molar-refractivity contribution is -0.110. The van der Waals surface area contributed by atoms with Gasteiger partial charge in [0.25, 0.3) is 0 Å². The molecule has 0 heterocycles. The van der Waals surface area contributed by atoms with Crippen LogP contribution < -0.4 is 0 Å². The van der Waals surface area contributed by atoms with E-state index in [1.807, 2.05) is 18.2 Å². The van der Waals surface area contributed by atoms with Gasteiger partial charge < -0.3 is 4.79 Å². The number of rotatable bonds is 7. The molecule has 2 nitrogen and oxygen atoms in total. The van der Waals surface area contributed by atoms with Gasteiger partial charge in [-0.25, -0.2) is 0 Å². The van der Waals surface area contributed by atoms with Gasteiger partial charge in [-0.2, -0.15) is 0 Å². The molecule has 0 saturated heterocycles. The summed E-state index contributed by atoms with van der Waals surface area (Å²) >= 11 is 0. The van der Waals surface area contributed by atoms with E-state index in [2.05, 4.69) is 6.92 Å². The maximum Gasteiger partial charge on any atom is 0.173 e. The molecule has 0 aliphatic heterocycles. The van der Waals surface area contributed by atoms with Crippen molar-refractivity contribution in [2.75, 3.05) is 0 Å². The van der Waals surface area contributed by atoms with Gasteiger partial charge in [0.1, 0.15) is 6.29 Å². The molecule has 0 saturated carbocycles. The van der Waals surface area contributed by atoms with Crippen molar-refractivity contribution in [1.29, 1.82) is 0 Å². The van der Waals surface area contributed by atoms with Crippen molar-refractivity contribution >= 4 is 12.1 Å². The van der Waals surface area contributed by atoms with Crippen LogP contribution in [0.25, 0.3) is 0 Å². The Balaban J connectivity index is 2.59. The van der Waals surface area contributed by atoms with E-state index in [4.69, 9.17) is 0 Å². The second-order valence-electron chi connectivity index (χ2n) is 3.97. The molecular weight excluding hydrogens is 200 g/mol. The monoisotopic (exact) mass is 218 g/mol. The van der Waals surface area contributed by atoms with Crippen molar-refractivity contribution in [1.82, 2.24) is 0 Å². The molecule has 0 radical (unpaired) electrons. The molecule has 2 heteroatoms. The lowest BCUT2D eigenvalue weighted by Gasteiger charge is -2.08. The first-order valence-corrected chi connectivity index (χ1v) is 5.84. The van der Waals surface area contributed by atoms with Crippen LogP contribution in [0.4, 0.5) is 0 Å². The van der Waals surface area contributed by atoms with Crippen LogP contribution in [0.2, 0.25) is 0 Å². The average Bonchev–Trinajstić information content (AvgIpc) is 2.35. The summed E-state index contributed by atoms with van der Waals surface area (Å²) in [5.41, 5.74) is 0.635. The predicted octanol–water partition coefficient (Wildman–Crippen LogP) is 3.26.